The molecule has 0 fully saturated rings. The molecule has 3 N–H and O–H groups in total. The lowest BCUT2D eigenvalue weighted by Gasteiger charge is -2.09. The molecule has 0 atom stereocenters. The summed E-state index contributed by atoms with van der Waals surface area (Å²) >= 11 is 0. The van der Waals surface area contributed by atoms with E-state index in [0.717, 1.165) is 25.1 Å². The molecule has 4 nitrogen and oxygen atoms in total. The highest BCUT2D eigenvalue weighted by Crippen LogP contribution is 2.26. The summed E-state index contributed by atoms with van der Waals surface area (Å²) in [7, 11) is 0. The molecule has 0 aliphatic heterocycles. The van der Waals surface area contributed by atoms with Crippen LogP contribution in [-0.4, -0.2) is 23.4 Å². The van der Waals surface area contributed by atoms with E-state index in [1.54, 1.807) is 18.2 Å². The summed E-state index contributed by atoms with van der Waals surface area (Å²) in [6.07, 6.45) is 0.899. The van der Waals surface area contributed by atoms with Gasteiger partial charge in [0.15, 0.2) is 11.5 Å². The van der Waals surface area contributed by atoms with Crippen LogP contribution in [0.3, 0.4) is 0 Å². The van der Waals surface area contributed by atoms with E-state index < -0.39 is 0 Å². The number of phenolic OH excluding ortho intramolecular Hbond substituents is 2. The highest BCUT2D eigenvalue weighted by Gasteiger charge is 2.03. The van der Waals surface area contributed by atoms with Crippen LogP contribution in [0, 0.1) is 0 Å². The van der Waals surface area contributed by atoms with E-state index in [0.29, 0.717) is 18.1 Å². The fourth-order valence-corrected chi connectivity index (χ4v) is 2.07. The molecule has 2 rings (SSSR count). The van der Waals surface area contributed by atoms with Crippen LogP contribution < -0.4 is 10.1 Å². The number of hydrogen-bond acceptors (Lipinski definition) is 4. The number of nitrogens with one attached hydrogen (secondary N) is 1. The predicted molar refractivity (Wildman–Crippen MR) is 82.8 cm³/mol. The molecule has 0 saturated heterocycles. The van der Waals surface area contributed by atoms with Crippen LogP contribution in [0.1, 0.15) is 18.1 Å². The van der Waals surface area contributed by atoms with Crippen molar-refractivity contribution in [3.05, 3.63) is 53.6 Å². The van der Waals surface area contributed by atoms with Gasteiger partial charge in [-0.25, -0.2) is 0 Å². The van der Waals surface area contributed by atoms with E-state index in [4.69, 9.17) is 4.74 Å². The van der Waals surface area contributed by atoms with E-state index in [-0.39, 0.29) is 5.75 Å². The molecule has 0 aromatic heterocycles. The Morgan fingerprint density at radius 3 is 2.43 bits per heavy atom. The van der Waals surface area contributed by atoms with Gasteiger partial charge in [-0.05, 0) is 55.3 Å². The van der Waals surface area contributed by atoms with Crippen molar-refractivity contribution < 1.29 is 14.9 Å². The van der Waals surface area contributed by atoms with Crippen LogP contribution >= 0.6 is 0 Å². The Kier molecular flexibility index (Phi) is 5.46. The van der Waals surface area contributed by atoms with Crippen LogP contribution in [0.15, 0.2) is 42.5 Å². The first-order valence-corrected chi connectivity index (χ1v) is 7.12. The van der Waals surface area contributed by atoms with Gasteiger partial charge in [-0.1, -0.05) is 18.2 Å². The second-order valence-corrected chi connectivity index (χ2v) is 4.83. The zero-order valence-corrected chi connectivity index (χ0v) is 12.2. The van der Waals surface area contributed by atoms with Gasteiger partial charge >= 0.3 is 0 Å². The third kappa shape index (κ3) is 4.68. The molecule has 0 aliphatic carbocycles. The summed E-state index contributed by atoms with van der Waals surface area (Å²) < 4.78 is 5.36. The molecule has 0 heterocycles. The van der Waals surface area contributed by atoms with Crippen molar-refractivity contribution in [1.82, 2.24) is 5.32 Å². The average molecular weight is 287 g/mol. The van der Waals surface area contributed by atoms with Crippen molar-refractivity contribution in [3.63, 3.8) is 0 Å². The van der Waals surface area contributed by atoms with Crippen molar-refractivity contribution in [1.29, 1.82) is 0 Å². The van der Waals surface area contributed by atoms with Crippen molar-refractivity contribution in [3.8, 4) is 17.2 Å². The van der Waals surface area contributed by atoms with E-state index in [1.807, 2.05) is 31.2 Å². The van der Waals surface area contributed by atoms with Gasteiger partial charge in [0, 0.05) is 6.54 Å². The minimum Gasteiger partial charge on any atom is -0.508 e. The van der Waals surface area contributed by atoms with Crippen LogP contribution in [-0.2, 0) is 13.0 Å². The number of ether oxygens (including phenoxy) is 1. The Bertz CT molecular complexity index is 567. The van der Waals surface area contributed by atoms with E-state index in [9.17, 15) is 10.2 Å². The minimum atomic E-state index is 0.171. The largest absolute Gasteiger partial charge is 0.508 e. The average Bonchev–Trinajstić information content (AvgIpc) is 2.49. The second kappa shape index (κ2) is 7.55. The lowest BCUT2D eigenvalue weighted by Crippen LogP contribution is -2.16. The van der Waals surface area contributed by atoms with Gasteiger partial charge in [-0.3, -0.25) is 0 Å². The Labute approximate surface area is 125 Å². The number of rotatable bonds is 7. The van der Waals surface area contributed by atoms with Crippen LogP contribution in [0.5, 0.6) is 17.2 Å². The van der Waals surface area contributed by atoms with Crippen molar-refractivity contribution in [2.75, 3.05) is 13.2 Å². The maximum absolute atomic E-state index is 9.64. The molecule has 0 bridgehead atoms. The number of aromatic hydroxyl groups is 2. The number of benzene rings is 2. The molecule has 2 aromatic rings. The molecule has 0 amide bonds. The highest BCUT2D eigenvalue weighted by atomic mass is 16.5. The number of phenols is 2. The third-order valence-electron chi connectivity index (χ3n) is 3.18. The molecule has 112 valence electrons. The van der Waals surface area contributed by atoms with Crippen molar-refractivity contribution >= 4 is 0 Å². The van der Waals surface area contributed by atoms with Crippen LogP contribution in [0.25, 0.3) is 0 Å². The molecule has 4 heteroatoms. The zero-order chi connectivity index (χ0) is 15.1. The maximum Gasteiger partial charge on any atom is 0.161 e. The van der Waals surface area contributed by atoms with E-state index in [1.165, 1.54) is 5.56 Å². The van der Waals surface area contributed by atoms with Crippen molar-refractivity contribution in [2.24, 2.45) is 0 Å². The summed E-state index contributed by atoms with van der Waals surface area (Å²) in [4.78, 5) is 0. The fraction of sp³-hybridized carbons (Fsp3) is 0.294. The first kappa shape index (κ1) is 15.2. The second-order valence-electron chi connectivity index (χ2n) is 4.83. The standard InChI is InChI=1S/C17H21NO3/c1-2-21-17-11-14(5-8-16(17)20)12-18-10-9-13-3-6-15(19)7-4-13/h3-8,11,18-20H,2,9-10,12H2,1H3. The van der Waals surface area contributed by atoms with E-state index >= 15 is 0 Å². The fourth-order valence-electron chi connectivity index (χ4n) is 2.07. The molecule has 0 radical (unpaired) electrons. The third-order valence-corrected chi connectivity index (χ3v) is 3.18. The lowest BCUT2D eigenvalue weighted by atomic mass is 10.1. The summed E-state index contributed by atoms with van der Waals surface area (Å²) in [5.74, 6) is 0.985. The minimum absolute atomic E-state index is 0.171. The summed E-state index contributed by atoms with van der Waals surface area (Å²) in [5.41, 5.74) is 2.25. The first-order chi connectivity index (χ1) is 10.2. The highest BCUT2D eigenvalue weighted by molar-refractivity contribution is 5.41. The molecule has 21 heavy (non-hydrogen) atoms. The van der Waals surface area contributed by atoms with Crippen LogP contribution in [0.4, 0.5) is 0 Å². The SMILES string of the molecule is CCOc1cc(CNCCc2ccc(O)cc2)ccc1O. The molecule has 2 aromatic carbocycles. The topological polar surface area (TPSA) is 61.7 Å². The van der Waals surface area contributed by atoms with Gasteiger partial charge in [-0.2, -0.15) is 0 Å². The molecule has 0 spiro atoms. The monoisotopic (exact) mass is 287 g/mol. The van der Waals surface area contributed by atoms with Crippen LogP contribution in [0.2, 0.25) is 0 Å². The molecule has 0 unspecified atom stereocenters. The lowest BCUT2D eigenvalue weighted by molar-refractivity contribution is 0.317. The van der Waals surface area contributed by atoms with Gasteiger partial charge in [0.2, 0.25) is 0 Å². The molecule has 0 aliphatic rings. The summed E-state index contributed by atoms with van der Waals surface area (Å²) in [6, 6.07) is 12.6. The zero-order valence-electron chi connectivity index (χ0n) is 12.2. The summed E-state index contributed by atoms with van der Waals surface area (Å²) in [5, 5.41) is 22.2. The van der Waals surface area contributed by atoms with Gasteiger partial charge < -0.3 is 20.3 Å². The molecule has 0 saturated carbocycles. The predicted octanol–water partition coefficient (Wildman–Crippen LogP) is 2.83. The van der Waals surface area contributed by atoms with E-state index in [2.05, 4.69) is 5.32 Å². The Morgan fingerprint density at radius 2 is 1.71 bits per heavy atom. The van der Waals surface area contributed by atoms with Gasteiger partial charge in [0.25, 0.3) is 0 Å². The smallest absolute Gasteiger partial charge is 0.161 e. The maximum atomic E-state index is 9.64. The summed E-state index contributed by atoms with van der Waals surface area (Å²) in [6.45, 7) is 3.99. The van der Waals surface area contributed by atoms with Gasteiger partial charge in [0.1, 0.15) is 5.75 Å². The normalized spacial score (nSPS) is 10.5. The van der Waals surface area contributed by atoms with Gasteiger partial charge in [-0.15, -0.1) is 0 Å². The Hall–Kier alpha value is -2.20. The van der Waals surface area contributed by atoms with Crippen molar-refractivity contribution in [2.45, 2.75) is 19.9 Å². The first-order valence-electron chi connectivity index (χ1n) is 7.12. The Morgan fingerprint density at radius 1 is 1.00 bits per heavy atom. The quantitative estimate of drug-likeness (QED) is 0.685. The number of hydrogen-bond donors (Lipinski definition) is 3. The van der Waals surface area contributed by atoms with Gasteiger partial charge in [0.05, 0.1) is 6.61 Å². The molecular formula is C17H21NO3. The molecular weight excluding hydrogens is 266 g/mol. The Balaban J connectivity index is 1.80.